The van der Waals surface area contributed by atoms with Gasteiger partial charge in [-0.05, 0) is 32.3 Å². The van der Waals surface area contributed by atoms with Crippen molar-refractivity contribution in [2.45, 2.75) is 39.5 Å². The highest BCUT2D eigenvalue weighted by molar-refractivity contribution is 7.16. The molecule has 6 nitrogen and oxygen atoms in total. The number of methoxy groups -OCH3 is 1. The Morgan fingerprint density at radius 2 is 1.78 bits per heavy atom. The van der Waals surface area contributed by atoms with E-state index in [1.165, 1.54) is 18.4 Å². The van der Waals surface area contributed by atoms with Crippen LogP contribution in [0, 0.1) is 25.7 Å². The fourth-order valence-corrected chi connectivity index (χ4v) is 4.06. The van der Waals surface area contributed by atoms with Gasteiger partial charge in [0.25, 0.3) is 0 Å². The molecule has 0 spiro atoms. The number of rotatable bonds is 4. The van der Waals surface area contributed by atoms with Crippen molar-refractivity contribution in [3.8, 4) is 0 Å². The molecule has 126 valence electrons. The largest absolute Gasteiger partial charge is 0.481 e. The second kappa shape index (κ2) is 7.12. The highest BCUT2D eigenvalue weighted by Crippen LogP contribution is 2.36. The van der Waals surface area contributed by atoms with E-state index < -0.39 is 23.8 Å². The average molecular weight is 339 g/mol. The normalized spacial score (nSPS) is 20.8. The summed E-state index contributed by atoms with van der Waals surface area (Å²) in [6.07, 6.45) is 2.74. The van der Waals surface area contributed by atoms with Crippen LogP contribution < -0.4 is 5.32 Å². The maximum absolute atomic E-state index is 12.5. The molecule has 1 aromatic rings. The van der Waals surface area contributed by atoms with Gasteiger partial charge in [-0.15, -0.1) is 11.3 Å². The Bertz CT molecular complexity index is 637. The lowest BCUT2D eigenvalue weighted by Crippen LogP contribution is -2.36. The number of carbonyl (C=O) groups is 3. The van der Waals surface area contributed by atoms with Gasteiger partial charge in [-0.1, -0.05) is 12.8 Å². The van der Waals surface area contributed by atoms with Gasteiger partial charge in [-0.2, -0.15) is 0 Å². The van der Waals surface area contributed by atoms with Crippen LogP contribution in [-0.4, -0.2) is 30.1 Å². The van der Waals surface area contributed by atoms with Gasteiger partial charge in [0, 0.05) is 4.88 Å². The first-order chi connectivity index (χ1) is 10.9. The van der Waals surface area contributed by atoms with E-state index in [-0.39, 0.29) is 5.91 Å². The number of esters is 1. The molecule has 0 aromatic carbocycles. The minimum atomic E-state index is -0.934. The first kappa shape index (κ1) is 17.5. The standard InChI is InChI=1S/C16H21NO5S/c1-8-9(2)23-14(12(8)16(21)22-3)17-13(18)10-6-4-5-7-11(10)15(19)20/h10-11H,4-7H2,1-3H3,(H,17,18)(H,19,20)/t10-,11-/m1/s1. The first-order valence-corrected chi connectivity index (χ1v) is 8.40. The number of thiophene rings is 1. The maximum atomic E-state index is 12.5. The second-order valence-corrected chi connectivity index (χ2v) is 7.03. The fraction of sp³-hybridized carbons (Fsp3) is 0.562. The highest BCUT2D eigenvalue weighted by Gasteiger charge is 2.36. The molecule has 1 fully saturated rings. The minimum absolute atomic E-state index is 0.330. The molecule has 1 aromatic heterocycles. The number of anilines is 1. The lowest BCUT2D eigenvalue weighted by Gasteiger charge is -2.27. The summed E-state index contributed by atoms with van der Waals surface area (Å²) < 4.78 is 4.78. The smallest absolute Gasteiger partial charge is 0.341 e. The van der Waals surface area contributed by atoms with Gasteiger partial charge in [-0.25, -0.2) is 4.79 Å². The van der Waals surface area contributed by atoms with Gasteiger partial charge in [0.2, 0.25) is 5.91 Å². The van der Waals surface area contributed by atoms with Crippen LogP contribution in [0.2, 0.25) is 0 Å². The summed E-state index contributed by atoms with van der Waals surface area (Å²) in [5.41, 5.74) is 1.13. The van der Waals surface area contributed by atoms with Crippen molar-refractivity contribution in [1.82, 2.24) is 0 Å². The van der Waals surface area contributed by atoms with Gasteiger partial charge in [0.1, 0.15) is 5.00 Å². The number of aryl methyl sites for hydroxylation is 1. The summed E-state index contributed by atoms with van der Waals surface area (Å²) in [7, 11) is 1.29. The van der Waals surface area contributed by atoms with E-state index in [0.717, 1.165) is 23.3 Å². The van der Waals surface area contributed by atoms with Crippen molar-refractivity contribution >= 4 is 34.2 Å². The summed E-state index contributed by atoms with van der Waals surface area (Å²) in [6, 6.07) is 0. The third-order valence-electron chi connectivity index (χ3n) is 4.43. The minimum Gasteiger partial charge on any atom is -0.481 e. The molecular weight excluding hydrogens is 318 g/mol. The van der Waals surface area contributed by atoms with E-state index in [2.05, 4.69) is 5.32 Å². The molecule has 23 heavy (non-hydrogen) atoms. The Labute approximate surface area is 138 Å². The molecule has 1 aliphatic carbocycles. The molecule has 1 saturated carbocycles. The van der Waals surface area contributed by atoms with Crippen LogP contribution in [0.5, 0.6) is 0 Å². The molecule has 0 bridgehead atoms. The molecule has 0 saturated heterocycles. The molecule has 1 aliphatic rings. The molecular formula is C16H21NO5S. The van der Waals surface area contributed by atoms with E-state index in [1.54, 1.807) is 6.92 Å². The van der Waals surface area contributed by atoms with E-state index in [0.29, 0.717) is 23.4 Å². The topological polar surface area (TPSA) is 92.7 Å². The van der Waals surface area contributed by atoms with Crippen molar-refractivity contribution in [3.63, 3.8) is 0 Å². The van der Waals surface area contributed by atoms with Crippen molar-refractivity contribution in [2.24, 2.45) is 11.8 Å². The molecule has 2 rings (SSSR count). The number of nitrogens with one attached hydrogen (secondary N) is 1. The Morgan fingerprint density at radius 3 is 2.35 bits per heavy atom. The summed E-state index contributed by atoms with van der Waals surface area (Å²) >= 11 is 1.31. The molecule has 1 heterocycles. The van der Waals surface area contributed by atoms with E-state index in [4.69, 9.17) is 4.74 Å². The van der Waals surface area contributed by atoms with Crippen molar-refractivity contribution < 1.29 is 24.2 Å². The number of carboxylic acid groups (broad SMARTS) is 1. The van der Waals surface area contributed by atoms with Gasteiger partial charge in [0.15, 0.2) is 0 Å². The second-order valence-electron chi connectivity index (χ2n) is 5.80. The molecule has 1 amide bonds. The van der Waals surface area contributed by atoms with Crippen LogP contribution in [0.4, 0.5) is 5.00 Å². The zero-order valence-electron chi connectivity index (χ0n) is 13.5. The number of carbonyl (C=O) groups excluding carboxylic acids is 2. The summed E-state index contributed by atoms with van der Waals surface area (Å²) in [5.74, 6) is -2.98. The number of carboxylic acids is 1. The van der Waals surface area contributed by atoms with Gasteiger partial charge in [-0.3, -0.25) is 9.59 Å². The molecule has 0 aliphatic heterocycles. The van der Waals surface area contributed by atoms with E-state index in [9.17, 15) is 19.5 Å². The Balaban J connectivity index is 2.24. The molecule has 2 atom stereocenters. The monoisotopic (exact) mass is 339 g/mol. The van der Waals surface area contributed by atoms with Crippen LogP contribution in [0.25, 0.3) is 0 Å². The summed E-state index contributed by atoms with van der Waals surface area (Å²) in [5, 5.41) is 12.5. The lowest BCUT2D eigenvalue weighted by molar-refractivity contribution is -0.147. The number of aliphatic carboxylic acids is 1. The van der Waals surface area contributed by atoms with Crippen LogP contribution in [-0.2, 0) is 14.3 Å². The molecule has 0 radical (unpaired) electrons. The first-order valence-electron chi connectivity index (χ1n) is 7.58. The predicted molar refractivity (Wildman–Crippen MR) is 86.8 cm³/mol. The van der Waals surface area contributed by atoms with Crippen LogP contribution in [0.1, 0.15) is 46.5 Å². The van der Waals surface area contributed by atoms with Crippen molar-refractivity contribution in [3.05, 3.63) is 16.0 Å². The Morgan fingerprint density at radius 1 is 1.17 bits per heavy atom. The highest BCUT2D eigenvalue weighted by atomic mass is 32.1. The van der Waals surface area contributed by atoms with Gasteiger partial charge >= 0.3 is 11.9 Å². The number of hydrogen-bond acceptors (Lipinski definition) is 5. The summed E-state index contributed by atoms with van der Waals surface area (Å²) in [4.78, 5) is 36.7. The maximum Gasteiger partial charge on any atom is 0.341 e. The predicted octanol–water partition coefficient (Wildman–Crippen LogP) is 2.98. The van der Waals surface area contributed by atoms with Gasteiger partial charge in [0.05, 0.1) is 24.5 Å². The van der Waals surface area contributed by atoms with Crippen LogP contribution in [0.15, 0.2) is 0 Å². The van der Waals surface area contributed by atoms with Crippen molar-refractivity contribution in [1.29, 1.82) is 0 Å². The van der Waals surface area contributed by atoms with Crippen LogP contribution in [0.3, 0.4) is 0 Å². The molecule has 2 N–H and O–H groups in total. The summed E-state index contributed by atoms with van der Waals surface area (Å²) in [6.45, 7) is 3.66. The van der Waals surface area contributed by atoms with Crippen molar-refractivity contribution in [2.75, 3.05) is 12.4 Å². The fourth-order valence-electron chi connectivity index (χ4n) is 3.01. The molecule has 7 heteroatoms. The average Bonchev–Trinajstić information content (AvgIpc) is 2.80. The third-order valence-corrected chi connectivity index (χ3v) is 5.55. The number of hydrogen-bond donors (Lipinski definition) is 2. The molecule has 0 unspecified atom stereocenters. The Kier molecular flexibility index (Phi) is 5.41. The number of ether oxygens (including phenoxy) is 1. The zero-order valence-corrected chi connectivity index (χ0v) is 14.3. The number of amides is 1. The zero-order chi connectivity index (χ0) is 17.1. The van der Waals surface area contributed by atoms with Crippen LogP contribution >= 0.6 is 11.3 Å². The van der Waals surface area contributed by atoms with Gasteiger partial charge < -0.3 is 15.2 Å². The van der Waals surface area contributed by atoms with E-state index >= 15 is 0 Å². The third kappa shape index (κ3) is 3.55. The Hall–Kier alpha value is -1.89. The lowest BCUT2D eigenvalue weighted by atomic mass is 9.79. The van der Waals surface area contributed by atoms with E-state index in [1.807, 2.05) is 6.92 Å². The SMILES string of the molecule is COC(=O)c1c(NC(=O)[C@@H]2CCCC[C@H]2C(=O)O)sc(C)c1C. The quantitative estimate of drug-likeness (QED) is 0.823.